The lowest BCUT2D eigenvalue weighted by molar-refractivity contribution is -0.246. The lowest BCUT2D eigenvalue weighted by Gasteiger charge is -2.70. The van der Waals surface area contributed by atoms with Gasteiger partial charge in [-0.2, -0.15) is 0 Å². The molecule has 4 aliphatic rings. The molecular formula is C30H52O3. The van der Waals surface area contributed by atoms with Gasteiger partial charge in [0.25, 0.3) is 0 Å². The molecule has 0 radical (unpaired) electrons. The molecule has 3 N–H and O–H groups in total. The Balaban J connectivity index is 1.66. The van der Waals surface area contributed by atoms with Gasteiger partial charge in [-0.15, -0.1) is 0 Å². The van der Waals surface area contributed by atoms with Crippen molar-refractivity contribution in [1.29, 1.82) is 0 Å². The Morgan fingerprint density at radius 3 is 2.18 bits per heavy atom. The van der Waals surface area contributed by atoms with Gasteiger partial charge in [0, 0.05) is 0 Å². The van der Waals surface area contributed by atoms with Crippen LogP contribution in [-0.2, 0) is 0 Å². The molecule has 0 aromatic carbocycles. The second-order valence-corrected chi connectivity index (χ2v) is 14.5. The second kappa shape index (κ2) is 8.07. The van der Waals surface area contributed by atoms with E-state index in [0.29, 0.717) is 11.8 Å². The van der Waals surface area contributed by atoms with Gasteiger partial charge < -0.3 is 15.3 Å². The van der Waals surface area contributed by atoms with Crippen LogP contribution in [0.3, 0.4) is 0 Å². The first-order valence-corrected chi connectivity index (χ1v) is 13.8. The second-order valence-electron chi connectivity index (χ2n) is 14.5. The van der Waals surface area contributed by atoms with Crippen molar-refractivity contribution in [2.45, 2.75) is 131 Å². The van der Waals surface area contributed by atoms with Gasteiger partial charge in [-0.3, -0.25) is 0 Å². The molecule has 4 fully saturated rings. The topological polar surface area (TPSA) is 60.7 Å². The minimum Gasteiger partial charge on any atom is -0.393 e. The minimum atomic E-state index is -0.739. The van der Waals surface area contributed by atoms with Crippen LogP contribution in [0.1, 0.15) is 113 Å². The Labute approximate surface area is 203 Å². The van der Waals surface area contributed by atoms with Crippen LogP contribution in [0.4, 0.5) is 0 Å². The van der Waals surface area contributed by atoms with Crippen LogP contribution in [-0.4, -0.2) is 33.1 Å². The predicted molar refractivity (Wildman–Crippen MR) is 136 cm³/mol. The smallest absolute Gasteiger partial charge is 0.0654 e. The van der Waals surface area contributed by atoms with Crippen LogP contribution in [0.2, 0.25) is 0 Å². The van der Waals surface area contributed by atoms with Gasteiger partial charge in [-0.1, -0.05) is 46.3 Å². The average molecular weight is 461 g/mol. The van der Waals surface area contributed by atoms with Crippen molar-refractivity contribution in [3.05, 3.63) is 11.6 Å². The Morgan fingerprint density at radius 2 is 1.55 bits per heavy atom. The summed E-state index contributed by atoms with van der Waals surface area (Å²) in [5.74, 6) is 1.31. The molecule has 4 rings (SSSR count). The van der Waals surface area contributed by atoms with E-state index in [1.54, 1.807) is 0 Å². The van der Waals surface area contributed by atoms with Crippen LogP contribution >= 0.6 is 0 Å². The lowest BCUT2D eigenvalue weighted by Crippen LogP contribution is -2.66. The maximum absolute atomic E-state index is 11.8. The van der Waals surface area contributed by atoms with Crippen LogP contribution in [0.15, 0.2) is 11.6 Å². The van der Waals surface area contributed by atoms with Crippen molar-refractivity contribution in [3.8, 4) is 0 Å². The van der Waals surface area contributed by atoms with E-state index in [2.05, 4.69) is 54.5 Å². The largest absolute Gasteiger partial charge is 0.393 e. The fourth-order valence-corrected chi connectivity index (χ4v) is 10.3. The van der Waals surface area contributed by atoms with Gasteiger partial charge >= 0.3 is 0 Å². The zero-order chi connectivity index (χ0) is 24.6. The molecule has 0 amide bonds. The molecular weight excluding hydrogens is 408 g/mol. The van der Waals surface area contributed by atoms with E-state index < -0.39 is 5.60 Å². The quantitative estimate of drug-likeness (QED) is 0.420. The number of hydrogen-bond donors (Lipinski definition) is 3. The highest BCUT2D eigenvalue weighted by molar-refractivity contribution is 5.20. The monoisotopic (exact) mass is 460 g/mol. The first-order valence-electron chi connectivity index (χ1n) is 13.8. The van der Waals surface area contributed by atoms with E-state index in [1.165, 1.54) is 18.4 Å². The Morgan fingerprint density at radius 1 is 0.909 bits per heavy atom. The molecule has 4 aliphatic carbocycles. The number of rotatable bonds is 4. The van der Waals surface area contributed by atoms with E-state index >= 15 is 0 Å². The van der Waals surface area contributed by atoms with E-state index in [0.717, 1.165) is 44.9 Å². The molecule has 0 spiro atoms. The molecule has 4 saturated carbocycles. The zero-order valence-electron chi connectivity index (χ0n) is 22.7. The lowest BCUT2D eigenvalue weighted by atomic mass is 9.35. The maximum Gasteiger partial charge on any atom is 0.0654 e. The first-order chi connectivity index (χ1) is 15.1. The van der Waals surface area contributed by atoms with Crippen molar-refractivity contribution in [2.24, 2.45) is 45.3 Å². The van der Waals surface area contributed by atoms with Crippen molar-refractivity contribution < 1.29 is 15.3 Å². The van der Waals surface area contributed by atoms with Crippen molar-refractivity contribution >= 4 is 0 Å². The first kappa shape index (κ1) is 25.7. The summed E-state index contributed by atoms with van der Waals surface area (Å²) in [6.07, 6.45) is 10.6. The van der Waals surface area contributed by atoms with Crippen LogP contribution in [0.25, 0.3) is 0 Å². The molecule has 0 aromatic rings. The Kier molecular flexibility index (Phi) is 6.28. The van der Waals surface area contributed by atoms with E-state index in [1.807, 2.05) is 6.92 Å². The molecule has 0 heterocycles. The normalized spacial score (nSPS) is 50.5. The molecule has 3 heteroatoms. The minimum absolute atomic E-state index is 0.0503. The maximum atomic E-state index is 11.8. The molecule has 0 aromatic heterocycles. The molecule has 0 saturated heterocycles. The molecule has 0 aliphatic heterocycles. The average Bonchev–Trinajstić information content (AvgIpc) is 3.08. The third kappa shape index (κ3) is 3.61. The molecule has 0 unspecified atom stereocenters. The molecule has 190 valence electrons. The van der Waals surface area contributed by atoms with Crippen LogP contribution in [0.5, 0.6) is 0 Å². The number of fused-ring (bicyclic) bond motifs is 5. The fourth-order valence-electron chi connectivity index (χ4n) is 10.3. The standard InChI is InChI=1S/C30H52O3/c1-19(2)10-9-14-30(8,33)20-11-16-29(7)25(20)21(31)18-23-27(5)15-13-24(32)26(3,4)22(27)12-17-28(23,29)6/h10,20-25,31-33H,9,11-18H2,1-8H3/t20-,21+,22-,23-,24-,25-,27-,28+,29+,30-/m0/s1. The van der Waals surface area contributed by atoms with Gasteiger partial charge in [0.15, 0.2) is 0 Å². The summed E-state index contributed by atoms with van der Waals surface area (Å²) < 4.78 is 0. The zero-order valence-corrected chi connectivity index (χ0v) is 22.7. The highest BCUT2D eigenvalue weighted by Gasteiger charge is 2.71. The van der Waals surface area contributed by atoms with Crippen LogP contribution < -0.4 is 0 Å². The molecule has 0 bridgehead atoms. The molecule has 3 nitrogen and oxygen atoms in total. The summed E-state index contributed by atoms with van der Waals surface area (Å²) in [4.78, 5) is 0. The van der Waals surface area contributed by atoms with E-state index in [9.17, 15) is 15.3 Å². The van der Waals surface area contributed by atoms with Gasteiger partial charge in [-0.25, -0.2) is 0 Å². The van der Waals surface area contributed by atoms with Crippen molar-refractivity contribution in [2.75, 3.05) is 0 Å². The molecule has 10 atom stereocenters. The van der Waals surface area contributed by atoms with Gasteiger partial charge in [0.2, 0.25) is 0 Å². The van der Waals surface area contributed by atoms with Crippen molar-refractivity contribution in [1.82, 2.24) is 0 Å². The SMILES string of the molecule is CC(C)=CCC[C@](C)(O)[C@H]1CC[C@]2(C)[C@@H]1[C@H](O)C[C@H]1[C@@]3(C)CC[C@H](O)C(C)(C)[C@@H]3CC[C@]12C. The summed E-state index contributed by atoms with van der Waals surface area (Å²) in [7, 11) is 0. The summed E-state index contributed by atoms with van der Waals surface area (Å²) in [6, 6.07) is 0. The Bertz CT molecular complexity index is 779. The molecule has 33 heavy (non-hydrogen) atoms. The summed E-state index contributed by atoms with van der Waals surface area (Å²) >= 11 is 0. The summed E-state index contributed by atoms with van der Waals surface area (Å²) in [5, 5.41) is 34.3. The van der Waals surface area contributed by atoms with E-state index in [-0.39, 0.29) is 45.7 Å². The number of aliphatic hydroxyl groups excluding tert-OH is 2. The van der Waals surface area contributed by atoms with Gasteiger partial charge in [0.1, 0.15) is 0 Å². The third-order valence-corrected chi connectivity index (χ3v) is 12.4. The van der Waals surface area contributed by atoms with Gasteiger partial charge in [-0.05, 0) is 124 Å². The van der Waals surface area contributed by atoms with E-state index in [4.69, 9.17) is 0 Å². The van der Waals surface area contributed by atoms with Crippen molar-refractivity contribution in [3.63, 3.8) is 0 Å². The highest BCUT2D eigenvalue weighted by Crippen LogP contribution is 2.75. The van der Waals surface area contributed by atoms with Crippen LogP contribution in [0, 0.1) is 45.3 Å². The fraction of sp³-hybridized carbons (Fsp3) is 0.933. The highest BCUT2D eigenvalue weighted by atomic mass is 16.3. The van der Waals surface area contributed by atoms with Gasteiger partial charge in [0.05, 0.1) is 17.8 Å². The third-order valence-electron chi connectivity index (χ3n) is 12.4. The summed E-state index contributed by atoms with van der Waals surface area (Å²) in [6.45, 7) is 18.3. The Hall–Kier alpha value is -0.380. The number of allylic oxidation sites excluding steroid dienone is 2. The predicted octanol–water partition coefficient (Wildman–Crippen LogP) is 6.50. The number of aliphatic hydroxyl groups is 3. The number of hydrogen-bond acceptors (Lipinski definition) is 3. The summed E-state index contributed by atoms with van der Waals surface area (Å²) in [5.41, 5.74) is 0.885.